The lowest BCUT2D eigenvalue weighted by molar-refractivity contribution is -0.134. The van der Waals surface area contributed by atoms with Crippen LogP contribution in [0.4, 0.5) is 4.79 Å². The molecule has 0 unspecified atom stereocenters. The first kappa shape index (κ1) is 30.8. The molecule has 0 aliphatic carbocycles. The standard InChI is InChI=1S/C28H42N4O6/c1-18(2)28(6,32-26(37)38-17-19-10-8-7-9-11-19)25(36)31-22(15-27(3,4)5)24(35)30-21(16-33)14-20-12-13-29-23(20)34/h7-11,16,18,20-22H,12-15,17H2,1-6H3,(H,29,34)(H,30,35)(H,31,36)(H,32,37)/t20-,21-,22-,28-/m0/s1. The molecule has 2 rings (SSSR count). The van der Waals surface area contributed by atoms with E-state index in [-0.39, 0.29) is 42.6 Å². The first-order valence-corrected chi connectivity index (χ1v) is 13.1. The zero-order valence-electron chi connectivity index (χ0n) is 23.3. The smallest absolute Gasteiger partial charge is 0.408 e. The van der Waals surface area contributed by atoms with Crippen LogP contribution in [-0.2, 0) is 30.5 Å². The predicted molar refractivity (Wildman–Crippen MR) is 143 cm³/mol. The number of hydrogen-bond donors (Lipinski definition) is 4. The summed E-state index contributed by atoms with van der Waals surface area (Å²) in [5, 5.41) is 10.9. The topological polar surface area (TPSA) is 143 Å². The van der Waals surface area contributed by atoms with Gasteiger partial charge in [0.05, 0.1) is 6.04 Å². The van der Waals surface area contributed by atoms with Crippen LogP contribution in [-0.4, -0.2) is 54.3 Å². The number of carbonyl (C=O) groups excluding carboxylic acids is 5. The quantitative estimate of drug-likeness (QED) is 0.306. The fraction of sp³-hybridized carbons (Fsp3) is 0.607. The Kier molecular flexibility index (Phi) is 10.9. The van der Waals surface area contributed by atoms with Gasteiger partial charge in [-0.15, -0.1) is 0 Å². The van der Waals surface area contributed by atoms with E-state index < -0.39 is 35.5 Å². The van der Waals surface area contributed by atoms with Gasteiger partial charge < -0.3 is 30.8 Å². The summed E-state index contributed by atoms with van der Waals surface area (Å²) >= 11 is 0. The van der Waals surface area contributed by atoms with E-state index in [1.165, 1.54) is 0 Å². The van der Waals surface area contributed by atoms with Crippen molar-refractivity contribution in [3.63, 3.8) is 0 Å². The number of amides is 4. The third kappa shape index (κ3) is 9.15. The average molecular weight is 531 g/mol. The zero-order chi connectivity index (χ0) is 28.5. The number of rotatable bonds is 12. The lowest BCUT2D eigenvalue weighted by Crippen LogP contribution is -2.63. The maximum absolute atomic E-state index is 13.5. The molecule has 1 heterocycles. The molecule has 0 radical (unpaired) electrons. The van der Waals surface area contributed by atoms with Crippen LogP contribution in [0.5, 0.6) is 0 Å². The molecule has 0 spiro atoms. The van der Waals surface area contributed by atoms with Gasteiger partial charge in [0.15, 0.2) is 0 Å². The first-order valence-electron chi connectivity index (χ1n) is 13.1. The van der Waals surface area contributed by atoms with E-state index in [0.717, 1.165) is 5.56 Å². The van der Waals surface area contributed by atoms with Crippen LogP contribution in [0.1, 0.15) is 66.4 Å². The number of ether oxygens (including phenoxy) is 1. The van der Waals surface area contributed by atoms with Crippen molar-refractivity contribution >= 4 is 30.1 Å². The van der Waals surface area contributed by atoms with E-state index in [1.807, 2.05) is 51.1 Å². The molecule has 1 aromatic carbocycles. The van der Waals surface area contributed by atoms with Crippen LogP contribution in [0.25, 0.3) is 0 Å². The van der Waals surface area contributed by atoms with Gasteiger partial charge in [-0.05, 0) is 43.1 Å². The van der Waals surface area contributed by atoms with Gasteiger partial charge in [-0.1, -0.05) is 65.0 Å². The molecule has 1 aliphatic heterocycles. The molecule has 210 valence electrons. The highest BCUT2D eigenvalue weighted by Gasteiger charge is 2.41. The molecule has 10 nitrogen and oxygen atoms in total. The van der Waals surface area contributed by atoms with Gasteiger partial charge >= 0.3 is 6.09 Å². The predicted octanol–water partition coefficient (Wildman–Crippen LogP) is 2.46. The summed E-state index contributed by atoms with van der Waals surface area (Å²) in [5.41, 5.74) is -0.913. The summed E-state index contributed by atoms with van der Waals surface area (Å²) in [6.45, 7) is 11.5. The number of benzene rings is 1. The average Bonchev–Trinajstić information content (AvgIpc) is 3.25. The summed E-state index contributed by atoms with van der Waals surface area (Å²) in [4.78, 5) is 63.0. The maximum Gasteiger partial charge on any atom is 0.408 e. The molecule has 0 aromatic heterocycles. The van der Waals surface area contributed by atoms with Gasteiger partial charge in [-0.3, -0.25) is 14.4 Å². The van der Waals surface area contributed by atoms with Gasteiger partial charge in [0.1, 0.15) is 24.5 Å². The van der Waals surface area contributed by atoms with Crippen molar-refractivity contribution < 1.29 is 28.7 Å². The van der Waals surface area contributed by atoms with Crippen molar-refractivity contribution in [3.05, 3.63) is 35.9 Å². The third-order valence-electron chi connectivity index (χ3n) is 6.83. The van der Waals surface area contributed by atoms with Gasteiger partial charge in [0.2, 0.25) is 17.7 Å². The molecule has 1 aromatic rings. The summed E-state index contributed by atoms with van der Waals surface area (Å²) in [5.74, 6) is -1.90. The Morgan fingerprint density at radius 1 is 1.11 bits per heavy atom. The molecule has 0 bridgehead atoms. The highest BCUT2D eigenvalue weighted by Crippen LogP contribution is 2.24. The van der Waals surface area contributed by atoms with E-state index in [4.69, 9.17) is 4.74 Å². The van der Waals surface area contributed by atoms with Crippen LogP contribution in [0, 0.1) is 17.3 Å². The Balaban J connectivity index is 2.11. The van der Waals surface area contributed by atoms with E-state index in [0.29, 0.717) is 19.3 Å². The highest BCUT2D eigenvalue weighted by molar-refractivity contribution is 5.94. The molecule has 1 fully saturated rings. The van der Waals surface area contributed by atoms with Crippen LogP contribution in [0.15, 0.2) is 30.3 Å². The van der Waals surface area contributed by atoms with Crippen molar-refractivity contribution in [2.45, 2.75) is 85.0 Å². The highest BCUT2D eigenvalue weighted by atomic mass is 16.5. The van der Waals surface area contributed by atoms with E-state index in [2.05, 4.69) is 21.3 Å². The number of alkyl carbamates (subject to hydrolysis) is 1. The molecule has 0 saturated carbocycles. The minimum absolute atomic E-state index is 0.0453. The van der Waals surface area contributed by atoms with Crippen molar-refractivity contribution in [2.24, 2.45) is 17.3 Å². The Morgan fingerprint density at radius 3 is 2.29 bits per heavy atom. The Morgan fingerprint density at radius 2 is 1.76 bits per heavy atom. The normalized spacial score (nSPS) is 18.5. The van der Waals surface area contributed by atoms with E-state index in [1.54, 1.807) is 20.8 Å². The van der Waals surface area contributed by atoms with Crippen molar-refractivity contribution in [1.82, 2.24) is 21.3 Å². The second-order valence-corrected chi connectivity index (χ2v) is 11.6. The van der Waals surface area contributed by atoms with Crippen molar-refractivity contribution in [1.29, 1.82) is 0 Å². The lowest BCUT2D eigenvalue weighted by Gasteiger charge is -2.35. The van der Waals surface area contributed by atoms with Crippen LogP contribution >= 0.6 is 0 Å². The van der Waals surface area contributed by atoms with Crippen LogP contribution in [0.2, 0.25) is 0 Å². The molecule has 10 heteroatoms. The zero-order valence-corrected chi connectivity index (χ0v) is 23.3. The summed E-state index contributed by atoms with van der Waals surface area (Å²) in [7, 11) is 0. The van der Waals surface area contributed by atoms with Gasteiger partial charge in [-0.2, -0.15) is 0 Å². The number of carbonyl (C=O) groups is 5. The molecule has 4 amide bonds. The van der Waals surface area contributed by atoms with Crippen molar-refractivity contribution in [3.8, 4) is 0 Å². The first-order chi connectivity index (χ1) is 17.7. The van der Waals surface area contributed by atoms with E-state index >= 15 is 0 Å². The van der Waals surface area contributed by atoms with Crippen LogP contribution < -0.4 is 21.3 Å². The summed E-state index contributed by atoms with van der Waals surface area (Å²) in [6.07, 6.45) is 0.928. The fourth-order valence-electron chi connectivity index (χ4n) is 4.17. The molecule has 1 saturated heterocycles. The number of hydrogen-bond acceptors (Lipinski definition) is 6. The molecule has 1 aliphatic rings. The van der Waals surface area contributed by atoms with Gasteiger partial charge in [-0.25, -0.2) is 4.79 Å². The molecular weight excluding hydrogens is 488 g/mol. The summed E-state index contributed by atoms with van der Waals surface area (Å²) in [6, 6.07) is 7.34. The van der Waals surface area contributed by atoms with E-state index in [9.17, 15) is 24.0 Å². The number of aldehydes is 1. The Hall–Kier alpha value is -3.43. The Bertz CT molecular complexity index is 991. The molecule has 4 N–H and O–H groups in total. The monoisotopic (exact) mass is 530 g/mol. The SMILES string of the molecule is CC(C)[C@](C)(NC(=O)OCc1ccccc1)C(=O)N[C@@H](CC(C)(C)C)C(=O)N[C@H](C=O)C[C@@H]1CCNC1=O. The molecule has 4 atom stereocenters. The fourth-order valence-corrected chi connectivity index (χ4v) is 4.17. The van der Waals surface area contributed by atoms with Gasteiger partial charge in [0.25, 0.3) is 0 Å². The Labute approximate surface area is 225 Å². The minimum atomic E-state index is -1.38. The lowest BCUT2D eigenvalue weighted by atomic mass is 9.85. The summed E-state index contributed by atoms with van der Waals surface area (Å²) < 4.78 is 5.32. The van der Waals surface area contributed by atoms with Gasteiger partial charge in [0, 0.05) is 12.5 Å². The largest absolute Gasteiger partial charge is 0.445 e. The maximum atomic E-state index is 13.5. The second-order valence-electron chi connectivity index (χ2n) is 11.6. The molecule has 38 heavy (non-hydrogen) atoms. The number of nitrogens with one attached hydrogen (secondary N) is 4. The third-order valence-corrected chi connectivity index (χ3v) is 6.83. The van der Waals surface area contributed by atoms with Crippen LogP contribution in [0.3, 0.4) is 0 Å². The van der Waals surface area contributed by atoms with Crippen molar-refractivity contribution in [2.75, 3.05) is 6.54 Å². The molecular formula is C28H42N4O6. The minimum Gasteiger partial charge on any atom is -0.445 e. The second kappa shape index (κ2) is 13.4.